The molecule has 24 heavy (non-hydrogen) atoms. The second-order valence-corrected chi connectivity index (χ2v) is 4.63. The number of benzene rings is 2. The fourth-order valence-corrected chi connectivity index (χ4v) is 1.76. The number of carbonyl (C=O) groups excluding carboxylic acids is 1. The maximum Gasteiger partial charge on any atom is 0.343 e. The third-order valence-corrected chi connectivity index (χ3v) is 3.11. The predicted octanol–water partition coefficient (Wildman–Crippen LogP) is 2.57. The third-order valence-electron chi connectivity index (χ3n) is 3.11. The molecule has 0 aliphatic heterocycles. The predicted molar refractivity (Wildman–Crippen MR) is 92.1 cm³/mol. The highest BCUT2D eigenvalue weighted by Crippen LogP contribution is 2.19. The highest BCUT2D eigenvalue weighted by atomic mass is 35.5. The van der Waals surface area contributed by atoms with Gasteiger partial charge < -0.3 is 15.4 Å². The van der Waals surface area contributed by atoms with Gasteiger partial charge in [0, 0.05) is 24.9 Å². The average Bonchev–Trinajstić information content (AvgIpc) is 2.54. The number of nitrogens with zero attached hydrogens (tertiary/aromatic N) is 2. The van der Waals surface area contributed by atoms with Crippen LogP contribution in [0.5, 0.6) is 5.75 Å². The summed E-state index contributed by atoms with van der Waals surface area (Å²) in [6.07, 6.45) is 0. The van der Waals surface area contributed by atoms with Crippen LogP contribution in [-0.2, 0) is 0 Å². The molecule has 126 valence electrons. The Labute approximate surface area is 143 Å². The minimum Gasteiger partial charge on any atom is -0.423 e. The molecule has 3 N–H and O–H groups in total. The lowest BCUT2D eigenvalue weighted by atomic mass is 10.2. The van der Waals surface area contributed by atoms with Crippen molar-refractivity contribution >= 4 is 35.7 Å². The first-order valence-electron chi connectivity index (χ1n) is 6.53. The standard InChI is InChI=1S/C15H14N4O4.ClH/c1-18(15(16)17)11-4-2-10(3-5-11)14(20)23-13-8-6-12(7-9-13)19(21)22;/h2-9H,1H3,(H3,16,17);1H. The second-order valence-electron chi connectivity index (χ2n) is 4.63. The van der Waals surface area contributed by atoms with E-state index in [1.165, 1.54) is 29.2 Å². The number of rotatable bonds is 4. The number of nitrogens with two attached hydrogens (primary N) is 1. The van der Waals surface area contributed by atoms with Crippen molar-refractivity contribution in [3.05, 3.63) is 64.2 Å². The smallest absolute Gasteiger partial charge is 0.343 e. The van der Waals surface area contributed by atoms with Crippen molar-refractivity contribution in [3.8, 4) is 5.75 Å². The molecule has 2 aromatic carbocycles. The van der Waals surface area contributed by atoms with E-state index >= 15 is 0 Å². The molecule has 0 saturated carbocycles. The van der Waals surface area contributed by atoms with Crippen LogP contribution in [0.1, 0.15) is 10.4 Å². The zero-order chi connectivity index (χ0) is 17.0. The van der Waals surface area contributed by atoms with Crippen LogP contribution >= 0.6 is 12.4 Å². The molecule has 0 aliphatic carbocycles. The van der Waals surface area contributed by atoms with E-state index in [2.05, 4.69) is 0 Å². The van der Waals surface area contributed by atoms with Crippen LogP contribution in [0, 0.1) is 15.5 Å². The Balaban J connectivity index is 0.00000288. The molecule has 2 rings (SSSR count). The van der Waals surface area contributed by atoms with Crippen LogP contribution in [-0.4, -0.2) is 23.9 Å². The summed E-state index contributed by atoms with van der Waals surface area (Å²) in [5.74, 6) is -0.493. The molecule has 0 aliphatic rings. The molecule has 0 heterocycles. The molecule has 0 unspecified atom stereocenters. The normalized spacial score (nSPS) is 9.54. The number of nitrogens with one attached hydrogen (secondary N) is 1. The van der Waals surface area contributed by atoms with E-state index in [1.54, 1.807) is 31.3 Å². The zero-order valence-electron chi connectivity index (χ0n) is 12.6. The van der Waals surface area contributed by atoms with Crippen LogP contribution in [0.15, 0.2) is 48.5 Å². The molecular weight excluding hydrogens is 336 g/mol. The van der Waals surface area contributed by atoms with Gasteiger partial charge in [0.05, 0.1) is 10.5 Å². The van der Waals surface area contributed by atoms with E-state index in [-0.39, 0.29) is 29.8 Å². The van der Waals surface area contributed by atoms with Gasteiger partial charge in [0.15, 0.2) is 5.96 Å². The van der Waals surface area contributed by atoms with Gasteiger partial charge in [0.2, 0.25) is 0 Å². The summed E-state index contributed by atoms with van der Waals surface area (Å²) >= 11 is 0. The number of nitro groups is 1. The maximum atomic E-state index is 12.0. The molecule has 8 nitrogen and oxygen atoms in total. The van der Waals surface area contributed by atoms with Crippen molar-refractivity contribution in [2.24, 2.45) is 5.73 Å². The van der Waals surface area contributed by atoms with Gasteiger partial charge >= 0.3 is 5.97 Å². The topological polar surface area (TPSA) is 123 Å². The molecular formula is C15H15ClN4O4. The number of non-ortho nitro benzene ring substituents is 1. The molecule has 0 fully saturated rings. The average molecular weight is 351 g/mol. The minimum atomic E-state index is -0.587. The lowest BCUT2D eigenvalue weighted by molar-refractivity contribution is -0.384. The first-order chi connectivity index (χ1) is 10.9. The highest BCUT2D eigenvalue weighted by Gasteiger charge is 2.11. The van der Waals surface area contributed by atoms with E-state index in [0.717, 1.165) is 0 Å². The molecule has 2 aromatic rings. The Hall–Kier alpha value is -3.13. The summed E-state index contributed by atoms with van der Waals surface area (Å²) in [5.41, 5.74) is 6.26. The number of halogens is 1. The number of hydrogen-bond acceptors (Lipinski definition) is 5. The fraction of sp³-hybridized carbons (Fsp3) is 0.0667. The number of ether oxygens (including phenoxy) is 1. The van der Waals surface area contributed by atoms with Gasteiger partial charge in [0.25, 0.3) is 5.69 Å². The van der Waals surface area contributed by atoms with Crippen molar-refractivity contribution in [3.63, 3.8) is 0 Å². The Kier molecular flexibility index (Phi) is 6.25. The van der Waals surface area contributed by atoms with Gasteiger partial charge in [-0.1, -0.05) is 0 Å². The number of esters is 1. The van der Waals surface area contributed by atoms with Gasteiger partial charge in [-0.2, -0.15) is 0 Å². The van der Waals surface area contributed by atoms with Crippen molar-refractivity contribution < 1.29 is 14.5 Å². The third kappa shape index (κ3) is 4.43. The fourth-order valence-electron chi connectivity index (χ4n) is 1.76. The monoisotopic (exact) mass is 350 g/mol. The first-order valence-corrected chi connectivity index (χ1v) is 6.53. The van der Waals surface area contributed by atoms with E-state index in [1.807, 2.05) is 0 Å². The molecule has 0 aromatic heterocycles. The van der Waals surface area contributed by atoms with Crippen LogP contribution in [0.25, 0.3) is 0 Å². The van der Waals surface area contributed by atoms with Crippen molar-refractivity contribution in [2.75, 3.05) is 11.9 Å². The number of anilines is 1. The Morgan fingerprint density at radius 1 is 1.17 bits per heavy atom. The Morgan fingerprint density at radius 3 is 2.17 bits per heavy atom. The number of nitro benzene ring substituents is 1. The summed E-state index contributed by atoms with van der Waals surface area (Å²) < 4.78 is 5.14. The van der Waals surface area contributed by atoms with Crippen LogP contribution < -0.4 is 15.4 Å². The summed E-state index contributed by atoms with van der Waals surface area (Å²) in [7, 11) is 1.63. The molecule has 0 bridgehead atoms. The summed E-state index contributed by atoms with van der Waals surface area (Å²) in [4.78, 5) is 23.5. The van der Waals surface area contributed by atoms with Gasteiger partial charge in [-0.25, -0.2) is 4.79 Å². The Morgan fingerprint density at radius 2 is 1.71 bits per heavy atom. The molecule has 9 heteroatoms. The van der Waals surface area contributed by atoms with Crippen LogP contribution in [0.3, 0.4) is 0 Å². The molecule has 0 atom stereocenters. The lowest BCUT2D eigenvalue weighted by Gasteiger charge is -2.16. The van der Waals surface area contributed by atoms with E-state index in [9.17, 15) is 14.9 Å². The molecule has 0 amide bonds. The second kappa shape index (κ2) is 7.93. The van der Waals surface area contributed by atoms with Gasteiger partial charge in [-0.05, 0) is 36.4 Å². The summed E-state index contributed by atoms with van der Waals surface area (Å²) in [6, 6.07) is 11.6. The molecule has 0 saturated heterocycles. The molecule has 0 spiro atoms. The Bertz CT molecular complexity index is 747. The lowest BCUT2D eigenvalue weighted by Crippen LogP contribution is -2.32. The van der Waals surface area contributed by atoms with E-state index < -0.39 is 10.9 Å². The van der Waals surface area contributed by atoms with Crippen LogP contribution in [0.2, 0.25) is 0 Å². The zero-order valence-corrected chi connectivity index (χ0v) is 13.4. The van der Waals surface area contributed by atoms with Crippen molar-refractivity contribution in [1.29, 1.82) is 5.41 Å². The number of carbonyl (C=O) groups is 1. The highest BCUT2D eigenvalue weighted by molar-refractivity contribution is 5.94. The largest absolute Gasteiger partial charge is 0.423 e. The number of hydrogen-bond donors (Lipinski definition) is 2. The first kappa shape index (κ1) is 18.9. The van der Waals surface area contributed by atoms with Gasteiger partial charge in [-0.3, -0.25) is 15.5 Å². The van der Waals surface area contributed by atoms with Crippen molar-refractivity contribution in [1.82, 2.24) is 0 Å². The SMILES string of the molecule is CN(C(=N)N)c1ccc(C(=O)Oc2ccc([N+](=O)[O-])cc2)cc1.Cl. The number of guanidine groups is 1. The van der Waals surface area contributed by atoms with E-state index in [4.69, 9.17) is 15.9 Å². The van der Waals surface area contributed by atoms with Gasteiger partial charge in [-0.15, -0.1) is 12.4 Å². The van der Waals surface area contributed by atoms with Crippen molar-refractivity contribution in [2.45, 2.75) is 0 Å². The minimum absolute atomic E-state index is 0. The van der Waals surface area contributed by atoms with E-state index in [0.29, 0.717) is 11.3 Å². The molecule has 0 radical (unpaired) electrons. The summed E-state index contributed by atoms with van der Waals surface area (Å²) in [5, 5.41) is 17.9. The quantitative estimate of drug-likeness (QED) is 0.218. The summed E-state index contributed by atoms with van der Waals surface area (Å²) in [6.45, 7) is 0. The van der Waals surface area contributed by atoms with Crippen LogP contribution in [0.4, 0.5) is 11.4 Å². The maximum absolute atomic E-state index is 12.0. The van der Waals surface area contributed by atoms with Gasteiger partial charge in [0.1, 0.15) is 5.75 Å².